The molecule has 0 spiro atoms. The Labute approximate surface area is 137 Å². The molecule has 0 aliphatic carbocycles. The van der Waals surface area contributed by atoms with Crippen molar-refractivity contribution in [3.8, 4) is 0 Å². The molecule has 2 aromatic rings. The van der Waals surface area contributed by atoms with Crippen LogP contribution < -0.4 is 5.32 Å². The average Bonchev–Trinajstić information content (AvgIpc) is 2.97. The summed E-state index contributed by atoms with van der Waals surface area (Å²) in [4.78, 5) is 19.2. The van der Waals surface area contributed by atoms with E-state index in [2.05, 4.69) is 29.0 Å². The first-order valence-corrected chi connectivity index (χ1v) is 8.49. The fourth-order valence-electron chi connectivity index (χ4n) is 3.15. The number of nitrogens with zero attached hydrogens (tertiary/aromatic N) is 2. The maximum Gasteiger partial charge on any atom is 0.224 e. The molecule has 0 radical (unpaired) electrons. The summed E-state index contributed by atoms with van der Waals surface area (Å²) in [5.74, 6) is 0.945. The molecule has 1 N–H and O–H groups in total. The first-order valence-electron chi connectivity index (χ1n) is 8.49. The summed E-state index contributed by atoms with van der Waals surface area (Å²) in [5.41, 5.74) is 1.67. The number of likely N-dealkylation sites (tertiary alicyclic amines) is 1. The van der Waals surface area contributed by atoms with Gasteiger partial charge in [-0.25, -0.2) is 4.98 Å². The number of piperidine rings is 1. The van der Waals surface area contributed by atoms with Crippen LogP contribution in [0.15, 0.2) is 28.7 Å². The van der Waals surface area contributed by atoms with Gasteiger partial charge in [-0.05, 0) is 45.4 Å². The van der Waals surface area contributed by atoms with Gasteiger partial charge in [-0.15, -0.1) is 0 Å². The van der Waals surface area contributed by atoms with Gasteiger partial charge in [0.1, 0.15) is 5.52 Å². The number of fused-ring (bicyclic) bond motifs is 1. The average molecular weight is 315 g/mol. The monoisotopic (exact) mass is 315 g/mol. The highest BCUT2D eigenvalue weighted by Crippen LogP contribution is 2.19. The molecule has 2 heterocycles. The standard InChI is InChI=1S/C18H25N3O2/c1-13(2)21-11-5-6-14(12-21)18(22)19-10-9-17-20-15-7-3-4-8-16(15)23-17/h3-4,7-8,13-14H,5-6,9-12H2,1-2H3,(H,19,22)/t14-/m1/s1. The second-order valence-electron chi connectivity index (χ2n) is 6.54. The van der Waals surface area contributed by atoms with E-state index in [4.69, 9.17) is 4.42 Å². The summed E-state index contributed by atoms with van der Waals surface area (Å²) < 4.78 is 5.67. The van der Waals surface area contributed by atoms with Crippen molar-refractivity contribution in [2.24, 2.45) is 5.92 Å². The van der Waals surface area contributed by atoms with Crippen LogP contribution in [0.4, 0.5) is 0 Å². The van der Waals surface area contributed by atoms with Gasteiger partial charge in [0.05, 0.1) is 5.92 Å². The van der Waals surface area contributed by atoms with Gasteiger partial charge in [-0.2, -0.15) is 0 Å². The topological polar surface area (TPSA) is 58.4 Å². The van der Waals surface area contributed by atoms with E-state index in [-0.39, 0.29) is 11.8 Å². The lowest BCUT2D eigenvalue weighted by atomic mass is 9.96. The van der Waals surface area contributed by atoms with Crippen molar-refractivity contribution in [1.82, 2.24) is 15.2 Å². The second kappa shape index (κ2) is 7.13. The highest BCUT2D eigenvalue weighted by molar-refractivity contribution is 5.79. The van der Waals surface area contributed by atoms with Crippen LogP contribution in [0.3, 0.4) is 0 Å². The Bertz CT molecular complexity index is 632. The minimum atomic E-state index is 0.106. The summed E-state index contributed by atoms with van der Waals surface area (Å²) in [5, 5.41) is 3.04. The van der Waals surface area contributed by atoms with Crippen LogP contribution in [-0.4, -0.2) is 41.5 Å². The number of rotatable bonds is 5. The lowest BCUT2D eigenvalue weighted by Gasteiger charge is -2.34. The van der Waals surface area contributed by atoms with Crippen molar-refractivity contribution in [2.45, 2.75) is 39.2 Å². The van der Waals surface area contributed by atoms with Crippen LogP contribution in [0.5, 0.6) is 0 Å². The zero-order valence-corrected chi connectivity index (χ0v) is 13.9. The van der Waals surface area contributed by atoms with Crippen LogP contribution in [0.2, 0.25) is 0 Å². The maximum absolute atomic E-state index is 12.3. The number of hydrogen-bond acceptors (Lipinski definition) is 4. The molecule has 5 nitrogen and oxygen atoms in total. The predicted octanol–water partition coefficient (Wildman–Crippen LogP) is 2.61. The third-order valence-corrected chi connectivity index (χ3v) is 4.53. The lowest BCUT2D eigenvalue weighted by Crippen LogP contribution is -2.45. The molecule has 1 aliphatic rings. The molecule has 0 unspecified atom stereocenters. The summed E-state index contributed by atoms with van der Waals surface area (Å²) in [7, 11) is 0. The molecule has 0 saturated carbocycles. The molecule has 1 aromatic heterocycles. The van der Waals surface area contributed by atoms with Gasteiger partial charge >= 0.3 is 0 Å². The van der Waals surface area contributed by atoms with Crippen LogP contribution in [-0.2, 0) is 11.2 Å². The summed E-state index contributed by atoms with van der Waals surface area (Å²) in [6, 6.07) is 8.23. The SMILES string of the molecule is CC(C)N1CCC[C@@H](C(=O)NCCc2nc3ccccc3o2)C1. The third kappa shape index (κ3) is 3.91. The number of hydrogen-bond donors (Lipinski definition) is 1. The zero-order valence-electron chi connectivity index (χ0n) is 13.9. The van der Waals surface area contributed by atoms with Gasteiger partial charge < -0.3 is 14.6 Å². The number of amides is 1. The van der Waals surface area contributed by atoms with E-state index in [1.165, 1.54) is 0 Å². The largest absolute Gasteiger partial charge is 0.441 e. The Morgan fingerprint density at radius 2 is 2.26 bits per heavy atom. The summed E-state index contributed by atoms with van der Waals surface area (Å²) in [6.45, 7) is 6.92. The van der Waals surface area contributed by atoms with Gasteiger partial charge in [-0.1, -0.05) is 12.1 Å². The molecule has 1 aromatic carbocycles. The van der Waals surface area contributed by atoms with Gasteiger partial charge in [0.2, 0.25) is 5.91 Å². The van der Waals surface area contributed by atoms with Crippen molar-refractivity contribution in [1.29, 1.82) is 0 Å². The summed E-state index contributed by atoms with van der Waals surface area (Å²) >= 11 is 0. The molecule has 1 saturated heterocycles. The Morgan fingerprint density at radius 3 is 3.04 bits per heavy atom. The molecule has 0 bridgehead atoms. The zero-order chi connectivity index (χ0) is 16.2. The van der Waals surface area contributed by atoms with E-state index in [0.717, 1.165) is 37.0 Å². The van der Waals surface area contributed by atoms with Crippen LogP contribution >= 0.6 is 0 Å². The fraction of sp³-hybridized carbons (Fsp3) is 0.556. The van der Waals surface area contributed by atoms with E-state index in [9.17, 15) is 4.79 Å². The molecule has 1 amide bonds. The van der Waals surface area contributed by atoms with Crippen LogP contribution in [0.1, 0.15) is 32.6 Å². The molecule has 1 aliphatic heterocycles. The van der Waals surface area contributed by atoms with E-state index in [0.29, 0.717) is 24.9 Å². The molecule has 3 rings (SSSR count). The van der Waals surface area contributed by atoms with Gasteiger partial charge in [0, 0.05) is 25.6 Å². The Balaban J connectivity index is 1.49. The number of carbonyl (C=O) groups excluding carboxylic acids is 1. The summed E-state index contributed by atoms with van der Waals surface area (Å²) in [6.07, 6.45) is 2.71. The highest BCUT2D eigenvalue weighted by Gasteiger charge is 2.26. The molecule has 23 heavy (non-hydrogen) atoms. The predicted molar refractivity (Wildman–Crippen MR) is 90.2 cm³/mol. The van der Waals surface area contributed by atoms with Crippen molar-refractivity contribution >= 4 is 17.0 Å². The van der Waals surface area contributed by atoms with Gasteiger partial charge in [-0.3, -0.25) is 4.79 Å². The molecular weight excluding hydrogens is 290 g/mol. The van der Waals surface area contributed by atoms with Gasteiger partial charge in [0.25, 0.3) is 0 Å². The normalized spacial score (nSPS) is 19.3. The van der Waals surface area contributed by atoms with Crippen molar-refractivity contribution in [2.75, 3.05) is 19.6 Å². The van der Waals surface area contributed by atoms with Crippen LogP contribution in [0.25, 0.3) is 11.1 Å². The van der Waals surface area contributed by atoms with Gasteiger partial charge in [0.15, 0.2) is 11.5 Å². The van der Waals surface area contributed by atoms with Crippen molar-refractivity contribution in [3.05, 3.63) is 30.2 Å². The van der Waals surface area contributed by atoms with E-state index >= 15 is 0 Å². The first kappa shape index (κ1) is 16.0. The quantitative estimate of drug-likeness (QED) is 0.921. The lowest BCUT2D eigenvalue weighted by molar-refractivity contribution is -0.126. The number of aromatic nitrogens is 1. The van der Waals surface area contributed by atoms with E-state index < -0.39 is 0 Å². The highest BCUT2D eigenvalue weighted by atomic mass is 16.3. The van der Waals surface area contributed by atoms with Crippen molar-refractivity contribution in [3.63, 3.8) is 0 Å². The number of nitrogens with one attached hydrogen (secondary N) is 1. The van der Waals surface area contributed by atoms with Crippen LogP contribution in [0, 0.1) is 5.92 Å². The second-order valence-corrected chi connectivity index (χ2v) is 6.54. The van der Waals surface area contributed by atoms with E-state index in [1.807, 2.05) is 24.3 Å². The number of oxazole rings is 1. The molecule has 124 valence electrons. The minimum absolute atomic E-state index is 0.106. The molecule has 1 atom stereocenters. The Hall–Kier alpha value is -1.88. The minimum Gasteiger partial charge on any atom is -0.441 e. The fourth-order valence-corrected chi connectivity index (χ4v) is 3.15. The first-order chi connectivity index (χ1) is 11.1. The van der Waals surface area contributed by atoms with Crippen molar-refractivity contribution < 1.29 is 9.21 Å². The smallest absolute Gasteiger partial charge is 0.224 e. The molecule has 5 heteroatoms. The Morgan fingerprint density at radius 1 is 1.43 bits per heavy atom. The third-order valence-electron chi connectivity index (χ3n) is 4.53. The maximum atomic E-state index is 12.3. The van der Waals surface area contributed by atoms with E-state index in [1.54, 1.807) is 0 Å². The molecule has 1 fully saturated rings. The number of carbonyl (C=O) groups is 1. The Kier molecular flexibility index (Phi) is 4.96. The molecular formula is C18H25N3O2. The number of benzene rings is 1. The number of para-hydroxylation sites is 2.